The molecule has 2 aromatic carbocycles. The lowest BCUT2D eigenvalue weighted by Crippen LogP contribution is -2.30. The third-order valence-electron chi connectivity index (χ3n) is 4.77. The normalized spacial score (nSPS) is 19.3. The number of methoxy groups -OCH3 is 2. The Morgan fingerprint density at radius 3 is 2.48 bits per heavy atom. The second kappa shape index (κ2) is 7.82. The lowest BCUT2D eigenvalue weighted by Gasteiger charge is -2.24. The van der Waals surface area contributed by atoms with Gasteiger partial charge in [0.15, 0.2) is 0 Å². The van der Waals surface area contributed by atoms with Gasteiger partial charge in [0.05, 0.1) is 21.6 Å². The maximum absolute atomic E-state index is 13.0. The Kier molecular flexibility index (Phi) is 5.23. The van der Waals surface area contributed by atoms with Crippen molar-refractivity contribution in [2.45, 2.75) is 12.2 Å². The zero-order valence-corrected chi connectivity index (χ0v) is 16.8. The number of allylic oxidation sites excluding steroid dienone is 1. The largest absolute Gasteiger partial charge is 0.374 e. The Morgan fingerprint density at radius 2 is 1.72 bits per heavy atom. The van der Waals surface area contributed by atoms with E-state index in [9.17, 15) is 8.42 Å². The van der Waals surface area contributed by atoms with E-state index in [1.54, 1.807) is 31.4 Å². The van der Waals surface area contributed by atoms with E-state index in [4.69, 9.17) is 9.47 Å². The fourth-order valence-corrected chi connectivity index (χ4v) is 4.42. The molecule has 1 heterocycles. The maximum atomic E-state index is 13.0. The summed E-state index contributed by atoms with van der Waals surface area (Å²) in [4.78, 5) is 7.94. The predicted molar refractivity (Wildman–Crippen MR) is 113 cm³/mol. The first kappa shape index (κ1) is 19.4. The van der Waals surface area contributed by atoms with E-state index in [-0.39, 0.29) is 11.0 Å². The molecule has 0 spiro atoms. The molecular weight excluding hydrogens is 390 g/mol. The van der Waals surface area contributed by atoms with Crippen molar-refractivity contribution in [2.75, 3.05) is 18.9 Å². The lowest BCUT2D eigenvalue weighted by molar-refractivity contribution is 0.0137. The van der Waals surface area contributed by atoms with Crippen LogP contribution in [0.4, 0.5) is 5.69 Å². The van der Waals surface area contributed by atoms with Crippen molar-refractivity contribution in [1.82, 2.24) is 9.97 Å². The second-order valence-electron chi connectivity index (χ2n) is 6.58. The van der Waals surface area contributed by atoms with Crippen LogP contribution in [0.2, 0.25) is 0 Å². The molecule has 2 unspecified atom stereocenters. The molecule has 4 rings (SSSR count). The highest BCUT2D eigenvalue weighted by Crippen LogP contribution is 2.30. The average Bonchev–Trinajstić information content (AvgIpc) is 3.17. The van der Waals surface area contributed by atoms with E-state index < -0.39 is 16.1 Å². The van der Waals surface area contributed by atoms with Crippen molar-refractivity contribution in [3.05, 3.63) is 71.7 Å². The smallest absolute Gasteiger partial charge is 0.261 e. The highest BCUT2D eigenvalue weighted by atomic mass is 32.2. The molecule has 1 aromatic heterocycles. The second-order valence-corrected chi connectivity index (χ2v) is 8.26. The molecule has 7 nitrogen and oxygen atoms in total. The number of nitrogens with zero attached hydrogens (tertiary/aromatic N) is 1. The molecule has 29 heavy (non-hydrogen) atoms. The third kappa shape index (κ3) is 3.82. The summed E-state index contributed by atoms with van der Waals surface area (Å²) in [5.74, 6) is 0.590. The van der Waals surface area contributed by atoms with Crippen LogP contribution in [-0.2, 0) is 19.5 Å². The van der Waals surface area contributed by atoms with Crippen molar-refractivity contribution >= 4 is 26.7 Å². The Bertz CT molecular complexity index is 1160. The number of aromatic nitrogens is 2. The Hall–Kier alpha value is -2.94. The summed E-state index contributed by atoms with van der Waals surface area (Å²) >= 11 is 0. The number of anilines is 1. The lowest BCUT2D eigenvalue weighted by atomic mass is 10.1. The van der Waals surface area contributed by atoms with E-state index in [2.05, 4.69) is 14.7 Å². The molecule has 0 bridgehead atoms. The van der Waals surface area contributed by atoms with Gasteiger partial charge in [-0.2, -0.15) is 0 Å². The monoisotopic (exact) mass is 411 g/mol. The van der Waals surface area contributed by atoms with Crippen LogP contribution in [0.1, 0.15) is 0 Å². The number of sulfonamides is 1. The number of para-hydroxylation sites is 3. The van der Waals surface area contributed by atoms with E-state index in [0.29, 0.717) is 17.1 Å². The van der Waals surface area contributed by atoms with Crippen LogP contribution in [0.5, 0.6) is 0 Å². The number of nitrogens with one attached hydrogen (secondary N) is 2. The molecular formula is C21H21N3O4S. The van der Waals surface area contributed by atoms with Crippen LogP contribution in [0, 0.1) is 0 Å². The molecule has 0 saturated heterocycles. The van der Waals surface area contributed by atoms with E-state index in [1.165, 1.54) is 13.2 Å². The number of fused-ring (bicyclic) bond motifs is 1. The van der Waals surface area contributed by atoms with Crippen LogP contribution in [0.3, 0.4) is 0 Å². The Morgan fingerprint density at radius 1 is 1.00 bits per heavy atom. The summed E-state index contributed by atoms with van der Waals surface area (Å²) in [5, 5.41) is 0. The van der Waals surface area contributed by atoms with E-state index >= 15 is 0 Å². The average molecular weight is 411 g/mol. The molecule has 1 aliphatic carbocycles. The minimum absolute atomic E-state index is 0.122. The summed E-state index contributed by atoms with van der Waals surface area (Å²) in [5.41, 5.74) is 2.78. The minimum atomic E-state index is -3.82. The summed E-state index contributed by atoms with van der Waals surface area (Å²) in [6, 6.07) is 14.8. The molecule has 0 radical (unpaired) electrons. The van der Waals surface area contributed by atoms with Gasteiger partial charge in [0, 0.05) is 19.8 Å². The number of benzene rings is 2. The molecule has 1 aliphatic rings. The molecule has 150 valence electrons. The molecule has 8 heteroatoms. The van der Waals surface area contributed by atoms with Crippen LogP contribution in [-0.4, -0.2) is 44.8 Å². The molecule has 2 N–H and O–H groups in total. The van der Waals surface area contributed by atoms with Crippen LogP contribution >= 0.6 is 0 Å². The molecule has 2 atom stereocenters. The Labute approximate surface area is 169 Å². The van der Waals surface area contributed by atoms with Crippen LogP contribution in [0.25, 0.3) is 22.4 Å². The zero-order valence-electron chi connectivity index (χ0n) is 16.0. The van der Waals surface area contributed by atoms with Gasteiger partial charge in [-0.25, -0.2) is 13.4 Å². The zero-order chi connectivity index (χ0) is 20.4. The topological polar surface area (TPSA) is 93.3 Å². The maximum Gasteiger partial charge on any atom is 0.261 e. The summed E-state index contributed by atoms with van der Waals surface area (Å²) in [6.45, 7) is 0. The number of ether oxygens (including phenoxy) is 2. The van der Waals surface area contributed by atoms with Gasteiger partial charge >= 0.3 is 0 Å². The summed E-state index contributed by atoms with van der Waals surface area (Å²) < 4.78 is 39.3. The highest BCUT2D eigenvalue weighted by Gasteiger charge is 2.26. The number of H-pyrrole nitrogens is 1. The quantitative estimate of drug-likeness (QED) is 0.648. The molecule has 0 aliphatic heterocycles. The van der Waals surface area contributed by atoms with Gasteiger partial charge < -0.3 is 14.5 Å². The predicted octanol–water partition coefficient (Wildman–Crippen LogP) is 3.46. The van der Waals surface area contributed by atoms with Crippen LogP contribution < -0.4 is 4.72 Å². The van der Waals surface area contributed by atoms with Gasteiger partial charge in [0.25, 0.3) is 10.0 Å². The summed E-state index contributed by atoms with van der Waals surface area (Å²) in [7, 11) is -0.758. The molecule has 3 aromatic rings. The van der Waals surface area contributed by atoms with Gasteiger partial charge in [-0.3, -0.25) is 4.72 Å². The van der Waals surface area contributed by atoms with Gasteiger partial charge in [0.1, 0.15) is 18.0 Å². The SMILES string of the molecule is COC1C=CC(S(=O)(=O)Nc2ccccc2-c2nc3ccccc3[nH]2)=CC1OC. The van der Waals surface area contributed by atoms with Crippen LogP contribution in [0.15, 0.2) is 71.7 Å². The number of aromatic amines is 1. The van der Waals surface area contributed by atoms with Gasteiger partial charge in [-0.05, 0) is 36.4 Å². The highest BCUT2D eigenvalue weighted by molar-refractivity contribution is 7.96. The number of rotatable bonds is 6. The van der Waals surface area contributed by atoms with Gasteiger partial charge in [-0.15, -0.1) is 0 Å². The molecule has 0 amide bonds. The number of hydrogen-bond acceptors (Lipinski definition) is 5. The fraction of sp³-hybridized carbons (Fsp3) is 0.190. The first-order valence-corrected chi connectivity index (χ1v) is 10.5. The van der Waals surface area contributed by atoms with E-state index in [1.807, 2.05) is 36.4 Å². The standard InChI is InChI=1S/C21H21N3O4S/c1-27-19-12-11-14(13-20(19)28-2)29(25,26)24-16-8-4-3-7-15(16)21-22-17-9-5-6-10-18(17)23-21/h3-13,19-20,24H,1-2H3,(H,22,23). The van der Waals surface area contributed by atoms with Crippen molar-refractivity contribution in [1.29, 1.82) is 0 Å². The first-order valence-electron chi connectivity index (χ1n) is 9.04. The van der Waals surface area contributed by atoms with Crippen molar-refractivity contribution in [3.8, 4) is 11.4 Å². The van der Waals surface area contributed by atoms with Crippen molar-refractivity contribution in [2.24, 2.45) is 0 Å². The summed E-state index contributed by atoms with van der Waals surface area (Å²) in [6.07, 6.45) is 3.92. The third-order valence-corrected chi connectivity index (χ3v) is 6.15. The number of hydrogen-bond donors (Lipinski definition) is 2. The molecule has 0 fully saturated rings. The van der Waals surface area contributed by atoms with Gasteiger partial charge in [0.2, 0.25) is 0 Å². The fourth-order valence-electron chi connectivity index (χ4n) is 3.27. The molecule has 0 saturated carbocycles. The number of imidazole rings is 1. The van der Waals surface area contributed by atoms with Crippen molar-refractivity contribution in [3.63, 3.8) is 0 Å². The van der Waals surface area contributed by atoms with Crippen molar-refractivity contribution < 1.29 is 17.9 Å². The van der Waals surface area contributed by atoms with E-state index in [0.717, 1.165) is 11.0 Å². The Balaban J connectivity index is 1.68. The minimum Gasteiger partial charge on any atom is -0.374 e. The van der Waals surface area contributed by atoms with Gasteiger partial charge in [-0.1, -0.05) is 30.3 Å². The first-order chi connectivity index (χ1) is 14.0.